The number of hydrogen-bond acceptors (Lipinski definition) is 4. The number of anilines is 1. The zero-order valence-corrected chi connectivity index (χ0v) is 12.3. The molecule has 1 fully saturated rings. The number of aromatic nitrogens is 1. The zero-order valence-electron chi connectivity index (χ0n) is 10.7. The Kier molecular flexibility index (Phi) is 2.93. The SMILES string of the molecule is Clc1csc(CNc2ccc3oc(C4CC4)nc3c2)c1. The molecule has 2 aromatic heterocycles. The fourth-order valence-electron chi connectivity index (χ4n) is 2.20. The van der Waals surface area contributed by atoms with E-state index in [1.54, 1.807) is 11.3 Å². The minimum absolute atomic E-state index is 0.548. The number of nitrogens with zero attached hydrogens (tertiary/aromatic N) is 1. The van der Waals surface area contributed by atoms with Crippen LogP contribution in [0.5, 0.6) is 0 Å². The first-order valence-electron chi connectivity index (χ1n) is 6.65. The van der Waals surface area contributed by atoms with Crippen molar-refractivity contribution in [3.63, 3.8) is 0 Å². The van der Waals surface area contributed by atoms with Gasteiger partial charge >= 0.3 is 0 Å². The van der Waals surface area contributed by atoms with Crippen molar-refractivity contribution < 1.29 is 4.42 Å². The average molecular weight is 305 g/mol. The van der Waals surface area contributed by atoms with Crippen LogP contribution in [0.3, 0.4) is 0 Å². The summed E-state index contributed by atoms with van der Waals surface area (Å²) in [5.41, 5.74) is 2.86. The molecule has 3 nitrogen and oxygen atoms in total. The first kappa shape index (κ1) is 12.2. The molecule has 5 heteroatoms. The molecule has 0 atom stereocenters. The maximum Gasteiger partial charge on any atom is 0.198 e. The number of halogens is 1. The van der Waals surface area contributed by atoms with Gasteiger partial charge in [-0.15, -0.1) is 11.3 Å². The van der Waals surface area contributed by atoms with Gasteiger partial charge in [-0.3, -0.25) is 0 Å². The summed E-state index contributed by atoms with van der Waals surface area (Å²) in [7, 11) is 0. The van der Waals surface area contributed by atoms with Gasteiger partial charge < -0.3 is 9.73 Å². The molecule has 0 aliphatic heterocycles. The molecule has 0 bridgehead atoms. The van der Waals surface area contributed by atoms with Gasteiger partial charge in [-0.05, 0) is 37.1 Å². The van der Waals surface area contributed by atoms with Crippen LogP contribution in [0.15, 0.2) is 34.1 Å². The topological polar surface area (TPSA) is 38.1 Å². The van der Waals surface area contributed by atoms with Crippen LogP contribution in [-0.2, 0) is 6.54 Å². The highest BCUT2D eigenvalue weighted by atomic mass is 35.5. The lowest BCUT2D eigenvalue weighted by Gasteiger charge is -2.03. The van der Waals surface area contributed by atoms with Crippen molar-refractivity contribution in [2.75, 3.05) is 5.32 Å². The largest absolute Gasteiger partial charge is 0.440 e. The maximum absolute atomic E-state index is 5.92. The molecule has 0 unspecified atom stereocenters. The third kappa shape index (κ3) is 2.41. The molecule has 1 N–H and O–H groups in total. The zero-order chi connectivity index (χ0) is 13.5. The van der Waals surface area contributed by atoms with E-state index < -0.39 is 0 Å². The van der Waals surface area contributed by atoms with Crippen molar-refractivity contribution in [2.24, 2.45) is 0 Å². The summed E-state index contributed by atoms with van der Waals surface area (Å²) in [6.45, 7) is 0.774. The van der Waals surface area contributed by atoms with Crippen LogP contribution in [0.1, 0.15) is 29.5 Å². The lowest BCUT2D eigenvalue weighted by Crippen LogP contribution is -1.96. The van der Waals surface area contributed by atoms with Gasteiger partial charge in [-0.1, -0.05) is 11.6 Å². The molecule has 1 aromatic carbocycles. The predicted molar refractivity (Wildman–Crippen MR) is 82.6 cm³/mol. The van der Waals surface area contributed by atoms with E-state index in [1.807, 2.05) is 29.6 Å². The highest BCUT2D eigenvalue weighted by molar-refractivity contribution is 7.10. The monoisotopic (exact) mass is 304 g/mol. The summed E-state index contributed by atoms with van der Waals surface area (Å²) in [5.74, 6) is 1.44. The summed E-state index contributed by atoms with van der Waals surface area (Å²) in [4.78, 5) is 5.79. The molecular formula is C15H13ClN2OS. The molecule has 1 aliphatic carbocycles. The second kappa shape index (κ2) is 4.79. The van der Waals surface area contributed by atoms with E-state index >= 15 is 0 Å². The minimum Gasteiger partial charge on any atom is -0.440 e. The summed E-state index contributed by atoms with van der Waals surface area (Å²) in [5, 5.41) is 6.14. The molecule has 2 heterocycles. The highest BCUT2D eigenvalue weighted by Gasteiger charge is 2.28. The Balaban J connectivity index is 1.54. The van der Waals surface area contributed by atoms with Gasteiger partial charge in [0.05, 0.1) is 5.02 Å². The molecule has 1 aliphatic rings. The number of oxazole rings is 1. The van der Waals surface area contributed by atoms with E-state index in [0.29, 0.717) is 5.92 Å². The van der Waals surface area contributed by atoms with Crippen molar-refractivity contribution in [1.29, 1.82) is 0 Å². The highest BCUT2D eigenvalue weighted by Crippen LogP contribution is 2.40. The molecule has 3 aromatic rings. The van der Waals surface area contributed by atoms with Crippen molar-refractivity contribution in [2.45, 2.75) is 25.3 Å². The number of fused-ring (bicyclic) bond motifs is 1. The summed E-state index contributed by atoms with van der Waals surface area (Å²) in [6, 6.07) is 8.04. The van der Waals surface area contributed by atoms with E-state index in [1.165, 1.54) is 17.7 Å². The van der Waals surface area contributed by atoms with Crippen LogP contribution in [-0.4, -0.2) is 4.98 Å². The smallest absolute Gasteiger partial charge is 0.198 e. The Morgan fingerprint density at radius 1 is 1.35 bits per heavy atom. The van der Waals surface area contributed by atoms with Crippen molar-refractivity contribution >= 4 is 39.7 Å². The molecule has 0 radical (unpaired) electrons. The van der Waals surface area contributed by atoms with E-state index in [-0.39, 0.29) is 0 Å². The lowest BCUT2D eigenvalue weighted by molar-refractivity contribution is 0.533. The van der Waals surface area contributed by atoms with Crippen LogP contribution < -0.4 is 5.32 Å². The van der Waals surface area contributed by atoms with E-state index in [0.717, 1.165) is 34.2 Å². The van der Waals surface area contributed by atoms with Crippen LogP contribution in [0, 0.1) is 0 Å². The Morgan fingerprint density at radius 3 is 3.00 bits per heavy atom. The van der Waals surface area contributed by atoms with E-state index in [4.69, 9.17) is 16.0 Å². The standard InChI is InChI=1S/C15H13ClN2OS/c16-10-5-12(20-8-10)7-17-11-3-4-14-13(6-11)18-15(19-14)9-1-2-9/h3-6,8-9,17H,1-2,7H2. The van der Waals surface area contributed by atoms with Crippen molar-refractivity contribution in [3.05, 3.63) is 45.4 Å². The molecule has 0 amide bonds. The third-order valence-corrected chi connectivity index (χ3v) is 4.70. The van der Waals surface area contributed by atoms with Gasteiger partial charge in [-0.25, -0.2) is 4.98 Å². The van der Waals surface area contributed by atoms with E-state index in [2.05, 4.69) is 10.3 Å². The van der Waals surface area contributed by atoms with Crippen molar-refractivity contribution in [3.8, 4) is 0 Å². The number of nitrogens with one attached hydrogen (secondary N) is 1. The molecule has 4 rings (SSSR count). The third-order valence-electron chi connectivity index (χ3n) is 3.42. The number of thiophene rings is 1. The average Bonchev–Trinajstić information content (AvgIpc) is 3.08. The summed E-state index contributed by atoms with van der Waals surface area (Å²) < 4.78 is 5.76. The van der Waals surface area contributed by atoms with Crippen LogP contribution in [0.25, 0.3) is 11.1 Å². The second-order valence-electron chi connectivity index (χ2n) is 5.09. The molecule has 0 saturated heterocycles. The van der Waals surface area contributed by atoms with Crippen LogP contribution in [0.4, 0.5) is 5.69 Å². The van der Waals surface area contributed by atoms with Gasteiger partial charge in [0.25, 0.3) is 0 Å². The van der Waals surface area contributed by atoms with Gasteiger partial charge in [0.2, 0.25) is 0 Å². The fourth-order valence-corrected chi connectivity index (χ4v) is 3.21. The first-order valence-corrected chi connectivity index (χ1v) is 7.91. The number of benzene rings is 1. The fraction of sp³-hybridized carbons (Fsp3) is 0.267. The lowest BCUT2D eigenvalue weighted by atomic mass is 10.3. The number of hydrogen-bond donors (Lipinski definition) is 1. The molecule has 102 valence electrons. The summed E-state index contributed by atoms with van der Waals surface area (Å²) in [6.07, 6.45) is 2.41. The second-order valence-corrected chi connectivity index (χ2v) is 6.53. The molecule has 20 heavy (non-hydrogen) atoms. The number of rotatable bonds is 4. The predicted octanol–water partition coefficient (Wildman–Crippen LogP) is 5.03. The van der Waals surface area contributed by atoms with Gasteiger partial charge in [0.1, 0.15) is 5.52 Å². The maximum atomic E-state index is 5.92. The first-order chi connectivity index (χ1) is 9.78. The summed E-state index contributed by atoms with van der Waals surface area (Å²) >= 11 is 7.58. The van der Waals surface area contributed by atoms with Crippen LogP contribution >= 0.6 is 22.9 Å². The normalized spacial score (nSPS) is 14.8. The quantitative estimate of drug-likeness (QED) is 0.734. The van der Waals surface area contributed by atoms with Gasteiger partial charge in [-0.2, -0.15) is 0 Å². The molecule has 0 spiro atoms. The molecule has 1 saturated carbocycles. The van der Waals surface area contributed by atoms with Gasteiger partial charge in [0.15, 0.2) is 11.5 Å². The minimum atomic E-state index is 0.548. The van der Waals surface area contributed by atoms with Crippen molar-refractivity contribution in [1.82, 2.24) is 4.98 Å². The van der Waals surface area contributed by atoms with E-state index in [9.17, 15) is 0 Å². The Bertz CT molecular complexity index is 760. The Morgan fingerprint density at radius 2 is 2.25 bits per heavy atom. The Hall–Kier alpha value is -1.52. The van der Waals surface area contributed by atoms with Crippen LogP contribution in [0.2, 0.25) is 5.02 Å². The van der Waals surface area contributed by atoms with Gasteiger partial charge in [0, 0.05) is 28.4 Å². The molecular weight excluding hydrogens is 292 g/mol. The Labute approximate surface area is 125 Å².